The molecule has 10 heteroatoms. The number of ether oxygens (including phenoxy) is 2. The van der Waals surface area contributed by atoms with Crippen molar-refractivity contribution in [2.45, 2.75) is 90.6 Å². The van der Waals surface area contributed by atoms with Gasteiger partial charge in [-0.05, 0) is 44.9 Å². The second-order valence-electron chi connectivity index (χ2n) is 10.4. The van der Waals surface area contributed by atoms with Gasteiger partial charge in [-0.1, -0.05) is 63.1 Å². The van der Waals surface area contributed by atoms with E-state index in [2.05, 4.69) is 43.4 Å². The van der Waals surface area contributed by atoms with Crippen LogP contribution in [0.25, 0.3) is 0 Å². The molecule has 0 N–H and O–H groups in total. The number of rotatable bonds is 24. The van der Waals surface area contributed by atoms with E-state index in [0.717, 1.165) is 44.9 Å². The number of quaternary nitrogens is 1. The second kappa shape index (κ2) is 23.0. The number of allylic oxidation sites excluding steroid dienone is 6. The predicted octanol–water partition coefficient (Wildman–Crippen LogP) is 5.65. The quantitative estimate of drug-likeness (QED) is 0.0479. The fourth-order valence-electron chi connectivity index (χ4n) is 3.11. The van der Waals surface area contributed by atoms with Gasteiger partial charge >= 0.3 is 11.9 Å². The molecule has 0 rings (SSSR count). The average molecular weight is 574 g/mol. The average Bonchev–Trinajstić information content (AvgIpc) is 2.86. The molecule has 0 aromatic rings. The van der Waals surface area contributed by atoms with Crippen LogP contribution in [0.15, 0.2) is 36.5 Å². The molecule has 0 aromatic carbocycles. The SMILES string of the molecule is CC/C=C\C/C=C\C/C=C\CCCCCC(=O)OC(COC(=O)CCCC)COP(=O)([O-])OCC[N+](C)(C)C. The number of hydrogen-bond acceptors (Lipinski definition) is 8. The first kappa shape index (κ1) is 37.2. The molecule has 0 aliphatic carbocycles. The lowest BCUT2D eigenvalue weighted by atomic mass is 10.1. The van der Waals surface area contributed by atoms with E-state index in [-0.39, 0.29) is 26.1 Å². The molecule has 0 bridgehead atoms. The molecule has 0 aromatic heterocycles. The standard InChI is InChI=1S/C29H52NO8P/c1-6-8-10-11-12-13-14-15-16-17-18-19-20-22-29(32)38-27(25-35-28(31)21-9-7-2)26-37-39(33,34)36-24-23-30(3,4)5/h8,10,12-13,15-16,27H,6-7,9,11,14,17-26H2,1-5H3/b10-8-,13-12-,16-15-. The van der Waals surface area contributed by atoms with E-state index in [1.165, 1.54) is 0 Å². The Kier molecular flexibility index (Phi) is 21.9. The van der Waals surface area contributed by atoms with Crippen molar-refractivity contribution < 1.29 is 42.1 Å². The van der Waals surface area contributed by atoms with Crippen LogP contribution in [-0.4, -0.2) is 70.0 Å². The van der Waals surface area contributed by atoms with Crippen molar-refractivity contribution in [1.29, 1.82) is 0 Å². The summed E-state index contributed by atoms with van der Waals surface area (Å²) in [6.07, 6.45) is 20.2. The van der Waals surface area contributed by atoms with Crippen LogP contribution < -0.4 is 4.89 Å². The van der Waals surface area contributed by atoms with Gasteiger partial charge < -0.3 is 27.9 Å². The maximum absolute atomic E-state index is 12.4. The topological polar surface area (TPSA) is 111 Å². The number of likely N-dealkylation sites (N-methyl/N-ethyl adjacent to an activating group) is 1. The first-order chi connectivity index (χ1) is 18.5. The lowest BCUT2D eigenvalue weighted by Gasteiger charge is -2.28. The van der Waals surface area contributed by atoms with Crippen LogP contribution in [0.3, 0.4) is 0 Å². The van der Waals surface area contributed by atoms with Crippen LogP contribution >= 0.6 is 7.82 Å². The highest BCUT2D eigenvalue weighted by Crippen LogP contribution is 2.38. The summed E-state index contributed by atoms with van der Waals surface area (Å²) in [5.41, 5.74) is 0. The fraction of sp³-hybridized carbons (Fsp3) is 0.724. The number of phosphoric ester groups is 1. The molecule has 0 fully saturated rings. The molecule has 39 heavy (non-hydrogen) atoms. The van der Waals surface area contributed by atoms with Gasteiger partial charge in [0.05, 0.1) is 27.7 Å². The summed E-state index contributed by atoms with van der Waals surface area (Å²) in [6.45, 7) is 3.75. The smallest absolute Gasteiger partial charge is 0.306 e. The van der Waals surface area contributed by atoms with Crippen LogP contribution in [0.4, 0.5) is 0 Å². The second-order valence-corrected chi connectivity index (χ2v) is 11.8. The summed E-state index contributed by atoms with van der Waals surface area (Å²) in [4.78, 5) is 36.3. The maximum Gasteiger partial charge on any atom is 0.306 e. The predicted molar refractivity (Wildman–Crippen MR) is 153 cm³/mol. The minimum Gasteiger partial charge on any atom is -0.756 e. The maximum atomic E-state index is 12.4. The Hall–Kier alpha value is -1.77. The van der Waals surface area contributed by atoms with Crippen LogP contribution in [0, 0.1) is 0 Å². The zero-order chi connectivity index (χ0) is 29.4. The summed E-state index contributed by atoms with van der Waals surface area (Å²) in [6, 6.07) is 0. The minimum absolute atomic E-state index is 0.0384. The largest absolute Gasteiger partial charge is 0.756 e. The van der Waals surface area contributed by atoms with Gasteiger partial charge in [0.15, 0.2) is 6.10 Å². The Balaban J connectivity index is 4.46. The number of nitrogens with zero attached hydrogens (tertiary/aromatic N) is 1. The number of hydrogen-bond donors (Lipinski definition) is 0. The molecule has 0 saturated heterocycles. The van der Waals surface area contributed by atoms with Gasteiger partial charge in [-0.2, -0.15) is 0 Å². The van der Waals surface area contributed by atoms with Crippen molar-refractivity contribution in [3.8, 4) is 0 Å². The zero-order valence-corrected chi connectivity index (χ0v) is 25.7. The first-order valence-electron chi connectivity index (χ1n) is 14.2. The van der Waals surface area contributed by atoms with Crippen molar-refractivity contribution in [1.82, 2.24) is 0 Å². The summed E-state index contributed by atoms with van der Waals surface area (Å²) in [5.74, 6) is -0.919. The number of phosphoric acid groups is 1. The molecule has 0 amide bonds. The van der Waals surface area contributed by atoms with Gasteiger partial charge in [-0.15, -0.1) is 0 Å². The molecule has 0 spiro atoms. The molecular formula is C29H52NO8P. The Morgan fingerprint density at radius 3 is 2.10 bits per heavy atom. The van der Waals surface area contributed by atoms with Crippen molar-refractivity contribution >= 4 is 19.8 Å². The highest BCUT2D eigenvalue weighted by Gasteiger charge is 2.21. The molecule has 2 atom stereocenters. The Labute approximate surface area is 236 Å². The third-order valence-corrected chi connectivity index (χ3v) is 6.39. The first-order valence-corrected chi connectivity index (χ1v) is 15.7. The lowest BCUT2D eigenvalue weighted by molar-refractivity contribution is -0.870. The van der Waals surface area contributed by atoms with E-state index in [9.17, 15) is 19.0 Å². The summed E-state index contributed by atoms with van der Waals surface area (Å²) in [7, 11) is 1.13. The summed E-state index contributed by atoms with van der Waals surface area (Å²) in [5, 5.41) is 0. The van der Waals surface area contributed by atoms with Crippen molar-refractivity contribution in [3.63, 3.8) is 0 Å². The van der Waals surface area contributed by atoms with Crippen molar-refractivity contribution in [2.24, 2.45) is 0 Å². The number of carbonyl (C=O) groups is 2. The van der Waals surface area contributed by atoms with Crippen molar-refractivity contribution in [3.05, 3.63) is 36.5 Å². The van der Waals surface area contributed by atoms with E-state index in [1.807, 2.05) is 28.1 Å². The Morgan fingerprint density at radius 1 is 0.821 bits per heavy atom. The summed E-state index contributed by atoms with van der Waals surface area (Å²) < 4.78 is 33.0. The van der Waals surface area contributed by atoms with Crippen molar-refractivity contribution in [2.75, 3.05) is 47.5 Å². The molecule has 2 unspecified atom stereocenters. The molecular weight excluding hydrogens is 521 g/mol. The molecule has 0 heterocycles. The number of unbranched alkanes of at least 4 members (excludes halogenated alkanes) is 4. The zero-order valence-electron chi connectivity index (χ0n) is 24.8. The van der Waals surface area contributed by atoms with Gasteiger partial charge in [0, 0.05) is 12.8 Å². The van der Waals surface area contributed by atoms with Crippen LogP contribution in [0.5, 0.6) is 0 Å². The van der Waals surface area contributed by atoms with Gasteiger partial charge in [-0.25, -0.2) is 0 Å². The number of esters is 2. The molecule has 0 radical (unpaired) electrons. The van der Waals surface area contributed by atoms with E-state index < -0.39 is 32.5 Å². The Morgan fingerprint density at radius 2 is 1.46 bits per heavy atom. The van der Waals surface area contributed by atoms with Crippen LogP contribution in [-0.2, 0) is 32.7 Å². The normalized spacial score (nSPS) is 14.7. The van der Waals surface area contributed by atoms with E-state index in [4.69, 9.17) is 18.5 Å². The molecule has 9 nitrogen and oxygen atoms in total. The molecule has 0 aliphatic heterocycles. The van der Waals surface area contributed by atoms with E-state index >= 15 is 0 Å². The van der Waals surface area contributed by atoms with Gasteiger partial charge in [0.2, 0.25) is 0 Å². The molecule has 226 valence electrons. The van der Waals surface area contributed by atoms with Gasteiger partial charge in [-0.3, -0.25) is 14.2 Å². The molecule has 0 saturated carbocycles. The van der Waals surface area contributed by atoms with E-state index in [1.54, 1.807) is 0 Å². The Bertz CT molecular complexity index is 789. The van der Waals surface area contributed by atoms with Gasteiger partial charge in [0.25, 0.3) is 7.82 Å². The highest BCUT2D eigenvalue weighted by molar-refractivity contribution is 7.45. The molecule has 0 aliphatic rings. The van der Waals surface area contributed by atoms with Gasteiger partial charge in [0.1, 0.15) is 19.8 Å². The highest BCUT2D eigenvalue weighted by atomic mass is 31.2. The van der Waals surface area contributed by atoms with E-state index in [0.29, 0.717) is 23.9 Å². The lowest BCUT2D eigenvalue weighted by Crippen LogP contribution is -2.37. The third-order valence-electron chi connectivity index (χ3n) is 5.42. The number of carbonyl (C=O) groups excluding carboxylic acids is 2. The van der Waals surface area contributed by atoms with Crippen LogP contribution in [0.1, 0.15) is 84.5 Å². The fourth-order valence-corrected chi connectivity index (χ4v) is 3.84. The minimum atomic E-state index is -4.60. The monoisotopic (exact) mass is 573 g/mol. The van der Waals surface area contributed by atoms with Crippen LogP contribution in [0.2, 0.25) is 0 Å². The summed E-state index contributed by atoms with van der Waals surface area (Å²) >= 11 is 0. The third kappa shape index (κ3) is 26.2.